The molecule has 27 heavy (non-hydrogen) atoms. The van der Waals surface area contributed by atoms with E-state index >= 15 is 0 Å². The average Bonchev–Trinajstić information content (AvgIpc) is 3.20. The molecule has 0 radical (unpaired) electrons. The van der Waals surface area contributed by atoms with Crippen molar-refractivity contribution in [2.45, 2.75) is 26.8 Å². The van der Waals surface area contributed by atoms with Crippen molar-refractivity contribution in [2.24, 2.45) is 4.99 Å². The SMILES string of the molecule is Cc1[nH]c2ccc(C(=O)N(C3=N[C@@H](C)CS3)c3ccc(Cl)cc3)cc2c1C. The molecule has 0 aliphatic carbocycles. The summed E-state index contributed by atoms with van der Waals surface area (Å²) < 4.78 is 0. The van der Waals surface area contributed by atoms with Crippen molar-refractivity contribution in [2.75, 3.05) is 10.7 Å². The van der Waals surface area contributed by atoms with Gasteiger partial charge in [0.15, 0.2) is 5.17 Å². The number of rotatable bonds is 2. The van der Waals surface area contributed by atoms with Crippen LogP contribution in [0.5, 0.6) is 0 Å². The van der Waals surface area contributed by atoms with E-state index in [0.29, 0.717) is 10.6 Å². The highest BCUT2D eigenvalue weighted by molar-refractivity contribution is 8.14. The Morgan fingerprint density at radius 3 is 2.63 bits per heavy atom. The fraction of sp³-hybridized carbons (Fsp3) is 0.238. The normalized spacial score (nSPS) is 16.6. The Hall–Kier alpha value is -2.24. The predicted octanol–water partition coefficient (Wildman–Crippen LogP) is 5.58. The van der Waals surface area contributed by atoms with E-state index in [4.69, 9.17) is 11.6 Å². The molecule has 0 bridgehead atoms. The van der Waals surface area contributed by atoms with Gasteiger partial charge in [0.1, 0.15) is 0 Å². The number of aliphatic imine (C=N–C) groups is 1. The van der Waals surface area contributed by atoms with Crippen LogP contribution in [0.1, 0.15) is 28.5 Å². The van der Waals surface area contributed by atoms with E-state index in [1.165, 1.54) is 5.56 Å². The zero-order valence-corrected chi connectivity index (χ0v) is 17.0. The molecular weight excluding hydrogens is 378 g/mol. The minimum atomic E-state index is -0.0853. The van der Waals surface area contributed by atoms with E-state index < -0.39 is 0 Å². The molecule has 1 atom stereocenters. The highest BCUT2D eigenvalue weighted by atomic mass is 35.5. The first-order valence-electron chi connectivity index (χ1n) is 8.83. The quantitative estimate of drug-likeness (QED) is 0.613. The Bertz CT molecular complexity index is 1060. The summed E-state index contributed by atoms with van der Waals surface area (Å²) in [7, 11) is 0. The summed E-state index contributed by atoms with van der Waals surface area (Å²) in [5, 5.41) is 2.45. The number of carbonyl (C=O) groups is 1. The Balaban J connectivity index is 1.79. The van der Waals surface area contributed by atoms with Gasteiger partial charge >= 0.3 is 0 Å². The van der Waals surface area contributed by atoms with Crippen LogP contribution in [0.3, 0.4) is 0 Å². The number of aromatic amines is 1. The number of aryl methyl sites for hydroxylation is 2. The van der Waals surface area contributed by atoms with Gasteiger partial charge in [0.05, 0.1) is 11.7 Å². The van der Waals surface area contributed by atoms with Crippen LogP contribution in [0.25, 0.3) is 10.9 Å². The predicted molar refractivity (Wildman–Crippen MR) is 115 cm³/mol. The number of hydrogen-bond acceptors (Lipinski definition) is 3. The van der Waals surface area contributed by atoms with Gasteiger partial charge in [-0.2, -0.15) is 0 Å². The van der Waals surface area contributed by atoms with Crippen LogP contribution < -0.4 is 4.90 Å². The van der Waals surface area contributed by atoms with E-state index in [0.717, 1.165) is 33.2 Å². The summed E-state index contributed by atoms with van der Waals surface area (Å²) in [5.74, 6) is 0.791. The molecule has 0 unspecified atom stereocenters. The van der Waals surface area contributed by atoms with Crippen molar-refractivity contribution in [3.8, 4) is 0 Å². The molecule has 3 aromatic rings. The van der Waals surface area contributed by atoms with Crippen LogP contribution >= 0.6 is 23.4 Å². The molecule has 4 rings (SSSR count). The largest absolute Gasteiger partial charge is 0.358 e. The van der Waals surface area contributed by atoms with Gasteiger partial charge in [0.2, 0.25) is 0 Å². The second-order valence-corrected chi connectivity index (χ2v) is 8.25. The number of benzene rings is 2. The monoisotopic (exact) mass is 397 g/mol. The number of fused-ring (bicyclic) bond motifs is 1. The molecule has 2 heterocycles. The van der Waals surface area contributed by atoms with Crippen molar-refractivity contribution in [1.29, 1.82) is 0 Å². The molecule has 1 N–H and O–H groups in total. The standard InChI is InChI=1S/C21H20ClN3OS/c1-12-11-27-21(23-12)25(17-7-5-16(22)6-8-17)20(26)15-4-9-19-18(10-15)13(2)14(3)24-19/h4-10,12,24H,11H2,1-3H3/t12-/m0/s1. The maximum atomic E-state index is 13.5. The van der Waals surface area contributed by atoms with Gasteiger partial charge in [-0.25, -0.2) is 0 Å². The third kappa shape index (κ3) is 3.37. The summed E-state index contributed by atoms with van der Waals surface area (Å²) in [6.45, 7) is 6.17. The Labute approximate surface area is 167 Å². The lowest BCUT2D eigenvalue weighted by molar-refractivity contribution is 0.100. The maximum absolute atomic E-state index is 13.5. The van der Waals surface area contributed by atoms with Gasteiger partial charge in [-0.05, 0) is 68.8 Å². The Kier molecular flexibility index (Phi) is 4.74. The summed E-state index contributed by atoms with van der Waals surface area (Å²) in [4.78, 5) is 23.2. The first-order chi connectivity index (χ1) is 12.9. The van der Waals surface area contributed by atoms with Crippen molar-refractivity contribution in [3.05, 3.63) is 64.3 Å². The molecule has 0 saturated heterocycles. The fourth-order valence-electron chi connectivity index (χ4n) is 3.21. The molecule has 1 aliphatic rings. The smallest absolute Gasteiger partial charge is 0.264 e. The number of nitrogens with one attached hydrogen (secondary N) is 1. The van der Waals surface area contributed by atoms with Crippen LogP contribution in [0.15, 0.2) is 47.5 Å². The summed E-state index contributed by atoms with van der Waals surface area (Å²) in [6, 6.07) is 13.3. The van der Waals surface area contributed by atoms with Gasteiger partial charge < -0.3 is 4.98 Å². The molecule has 6 heteroatoms. The molecule has 0 saturated carbocycles. The lowest BCUT2D eigenvalue weighted by Crippen LogP contribution is -2.34. The second kappa shape index (κ2) is 7.06. The lowest BCUT2D eigenvalue weighted by Gasteiger charge is -2.22. The summed E-state index contributed by atoms with van der Waals surface area (Å²) >= 11 is 7.65. The van der Waals surface area contributed by atoms with E-state index in [-0.39, 0.29) is 11.9 Å². The summed E-state index contributed by atoms with van der Waals surface area (Å²) in [5.41, 5.74) is 4.74. The molecule has 1 aromatic heterocycles. The Morgan fingerprint density at radius 2 is 1.96 bits per heavy atom. The molecule has 0 fully saturated rings. The van der Waals surface area contributed by atoms with Crippen LogP contribution in [-0.2, 0) is 0 Å². The van der Waals surface area contributed by atoms with Crippen molar-refractivity contribution in [1.82, 2.24) is 4.98 Å². The number of anilines is 1. The van der Waals surface area contributed by atoms with Crippen LogP contribution in [0, 0.1) is 13.8 Å². The topological polar surface area (TPSA) is 48.5 Å². The first-order valence-corrected chi connectivity index (χ1v) is 10.2. The van der Waals surface area contributed by atoms with E-state index in [2.05, 4.69) is 23.8 Å². The van der Waals surface area contributed by atoms with E-state index in [9.17, 15) is 4.79 Å². The third-order valence-corrected chi connectivity index (χ3v) is 6.27. The minimum absolute atomic E-state index is 0.0853. The number of amidine groups is 1. The van der Waals surface area contributed by atoms with Gasteiger partial charge in [0.25, 0.3) is 5.91 Å². The van der Waals surface area contributed by atoms with E-state index in [1.807, 2.05) is 37.3 Å². The van der Waals surface area contributed by atoms with Crippen LogP contribution in [-0.4, -0.2) is 27.9 Å². The fourth-order valence-corrected chi connectivity index (χ4v) is 4.37. The number of amides is 1. The minimum Gasteiger partial charge on any atom is -0.358 e. The summed E-state index contributed by atoms with van der Waals surface area (Å²) in [6.07, 6.45) is 0. The van der Waals surface area contributed by atoms with E-state index in [1.54, 1.807) is 28.8 Å². The van der Waals surface area contributed by atoms with Gasteiger partial charge in [-0.1, -0.05) is 23.4 Å². The number of carbonyl (C=O) groups excluding carboxylic acids is 1. The average molecular weight is 398 g/mol. The van der Waals surface area contributed by atoms with Crippen LogP contribution in [0.4, 0.5) is 5.69 Å². The number of aromatic nitrogens is 1. The van der Waals surface area contributed by atoms with Gasteiger partial charge in [0, 0.05) is 32.9 Å². The second-order valence-electron chi connectivity index (χ2n) is 6.82. The third-order valence-electron chi connectivity index (χ3n) is 4.82. The van der Waals surface area contributed by atoms with Crippen molar-refractivity contribution < 1.29 is 4.79 Å². The van der Waals surface area contributed by atoms with Gasteiger partial charge in [-0.3, -0.25) is 14.7 Å². The molecular formula is C21H20ClN3OS. The zero-order chi connectivity index (χ0) is 19.1. The molecule has 1 amide bonds. The number of thioether (sulfide) groups is 1. The number of H-pyrrole nitrogens is 1. The Morgan fingerprint density at radius 1 is 1.22 bits per heavy atom. The van der Waals surface area contributed by atoms with Gasteiger partial charge in [-0.15, -0.1) is 0 Å². The molecule has 2 aromatic carbocycles. The maximum Gasteiger partial charge on any atom is 0.264 e. The first kappa shape index (κ1) is 18.1. The number of hydrogen-bond donors (Lipinski definition) is 1. The van der Waals surface area contributed by atoms with Crippen LogP contribution in [0.2, 0.25) is 5.02 Å². The van der Waals surface area contributed by atoms with Crippen molar-refractivity contribution in [3.63, 3.8) is 0 Å². The lowest BCUT2D eigenvalue weighted by atomic mass is 10.1. The highest BCUT2D eigenvalue weighted by Crippen LogP contribution is 2.29. The highest BCUT2D eigenvalue weighted by Gasteiger charge is 2.28. The molecule has 138 valence electrons. The molecule has 1 aliphatic heterocycles. The zero-order valence-electron chi connectivity index (χ0n) is 15.4. The number of halogens is 1. The number of nitrogens with zero attached hydrogens (tertiary/aromatic N) is 2. The molecule has 0 spiro atoms. The molecule has 4 nitrogen and oxygen atoms in total. The van der Waals surface area contributed by atoms with Crippen molar-refractivity contribution >= 4 is 51.0 Å².